The first-order chi connectivity index (χ1) is 6.91. The molecule has 0 aromatic carbocycles. The molecule has 0 aromatic heterocycles. The van der Waals surface area contributed by atoms with E-state index in [1.54, 1.807) is 14.7 Å². The van der Waals surface area contributed by atoms with Crippen molar-refractivity contribution in [1.82, 2.24) is 14.7 Å². The van der Waals surface area contributed by atoms with Crippen molar-refractivity contribution >= 4 is 87.5 Å². The summed E-state index contributed by atoms with van der Waals surface area (Å²) in [6.07, 6.45) is 0. The van der Waals surface area contributed by atoms with E-state index in [2.05, 4.69) is 0 Å². The van der Waals surface area contributed by atoms with E-state index in [0.717, 1.165) is 0 Å². The maximum Gasteiger partial charge on any atom is 1.00 e. The third kappa shape index (κ3) is 8.70. The fraction of sp³-hybridized carbons (Fsp3) is 0.500. The predicted molar refractivity (Wildman–Crippen MR) is 80.0 cm³/mol. The Kier molecular flexibility index (Phi) is 18.7. The molecule has 1 fully saturated rings. The molecule has 12 heteroatoms. The Morgan fingerprint density at radius 2 is 0.778 bits per heavy atom. The van der Waals surface area contributed by atoms with Crippen LogP contribution in [0.25, 0.3) is 0 Å². The topological polar surface area (TPSA) is 9.72 Å². The maximum absolute atomic E-state index is 4.93. The molecular formula is C6H6N3Na3S6. The van der Waals surface area contributed by atoms with Gasteiger partial charge in [0.2, 0.25) is 0 Å². The molecule has 1 aliphatic rings. The largest absolute Gasteiger partial charge is 1.00 e. The summed E-state index contributed by atoms with van der Waals surface area (Å²) in [5, 5.41) is 0. The molecule has 84 valence electrons. The first kappa shape index (κ1) is 26.2. The average molecular weight is 382 g/mol. The molecular weight excluding hydrogens is 375 g/mol. The van der Waals surface area contributed by atoms with Gasteiger partial charge in [0.25, 0.3) is 0 Å². The van der Waals surface area contributed by atoms with Gasteiger partial charge in [0.1, 0.15) is 0 Å². The van der Waals surface area contributed by atoms with E-state index < -0.39 is 0 Å². The number of hydrogen-bond donors (Lipinski definition) is 0. The third-order valence-electron chi connectivity index (χ3n) is 1.80. The quantitative estimate of drug-likeness (QED) is 0.228. The fourth-order valence-corrected chi connectivity index (χ4v) is 1.79. The molecule has 1 aliphatic heterocycles. The van der Waals surface area contributed by atoms with Gasteiger partial charge in [-0.1, -0.05) is 13.0 Å². The van der Waals surface area contributed by atoms with Gasteiger partial charge < -0.3 is 89.2 Å². The van der Waals surface area contributed by atoms with Crippen LogP contribution in [0.3, 0.4) is 0 Å². The zero-order valence-corrected chi connectivity index (χ0v) is 21.3. The summed E-state index contributed by atoms with van der Waals surface area (Å²) in [6, 6.07) is 0. The van der Waals surface area contributed by atoms with Crippen LogP contribution in [0.5, 0.6) is 0 Å². The molecule has 0 aromatic rings. The van der Waals surface area contributed by atoms with Crippen molar-refractivity contribution in [3.8, 4) is 0 Å². The Morgan fingerprint density at radius 1 is 0.611 bits per heavy atom. The number of nitrogens with zero attached hydrogens (tertiary/aromatic N) is 3. The first-order valence-electron chi connectivity index (χ1n) is 3.79. The summed E-state index contributed by atoms with van der Waals surface area (Å²) < 4.78 is 1.09. The van der Waals surface area contributed by atoms with E-state index in [1.807, 2.05) is 0 Å². The predicted octanol–water partition coefficient (Wildman–Crippen LogP) is -8.71. The van der Waals surface area contributed by atoms with Crippen LogP contribution in [-0.4, -0.2) is 47.7 Å². The van der Waals surface area contributed by atoms with Gasteiger partial charge in [-0.05, 0) is 0 Å². The number of hydrogen-bond acceptors (Lipinski definition) is 6. The monoisotopic (exact) mass is 381 g/mol. The van der Waals surface area contributed by atoms with Crippen LogP contribution in [0, 0.1) is 0 Å². The fourth-order valence-electron chi connectivity index (χ4n) is 1.10. The Bertz CT molecular complexity index is 263. The molecule has 1 heterocycles. The zero-order valence-electron chi connectivity index (χ0n) is 10.4. The summed E-state index contributed by atoms with van der Waals surface area (Å²) in [4.78, 5) is 5.31. The minimum Gasteiger partial charge on any atom is -0.411 e. The van der Waals surface area contributed by atoms with Crippen LogP contribution in [0.2, 0.25) is 0 Å². The summed E-state index contributed by atoms with van der Waals surface area (Å²) in [5.74, 6) is 0. The van der Waals surface area contributed by atoms with Crippen molar-refractivity contribution in [1.29, 1.82) is 0 Å². The molecule has 1 rings (SSSR count). The number of rotatable bonds is 0. The van der Waals surface area contributed by atoms with Crippen molar-refractivity contribution < 1.29 is 88.7 Å². The molecule has 0 unspecified atom stereocenters. The minimum atomic E-state index is 0. The van der Waals surface area contributed by atoms with Crippen molar-refractivity contribution in [3.05, 3.63) is 0 Å². The summed E-state index contributed by atoms with van der Waals surface area (Å²) >= 11 is 29.6. The Labute approximate surface area is 207 Å². The second-order valence-corrected chi connectivity index (χ2v) is 5.94. The van der Waals surface area contributed by atoms with Gasteiger partial charge in [-0.3, -0.25) is 0 Å². The standard InChI is InChI=1S/C6H9N3S6.3Na/c10-4(11)7-1-8(5(12)13)3-9(2-7)6(14)15;;;/h1-3H2,(H,10,11)(H,12,13)(H,14,15);;;/q;3*+1/p-3. The second-order valence-electron chi connectivity index (χ2n) is 2.84. The molecule has 0 aliphatic carbocycles. The van der Waals surface area contributed by atoms with Gasteiger partial charge >= 0.3 is 88.7 Å². The molecule has 1 saturated heterocycles. The Balaban J connectivity index is -0.000000750. The number of thiocarbonyl (C=S) groups is 3. The van der Waals surface area contributed by atoms with Crippen LogP contribution in [-0.2, 0) is 37.9 Å². The maximum atomic E-state index is 4.93. The van der Waals surface area contributed by atoms with Crippen LogP contribution >= 0.6 is 36.7 Å². The summed E-state index contributed by atoms with van der Waals surface area (Å²) in [5.41, 5.74) is 0. The molecule has 0 atom stereocenters. The molecule has 0 amide bonds. The molecule has 3 nitrogen and oxygen atoms in total. The third-order valence-corrected chi connectivity index (χ3v) is 3.35. The van der Waals surface area contributed by atoms with E-state index in [-0.39, 0.29) is 88.7 Å². The van der Waals surface area contributed by atoms with Gasteiger partial charge in [-0.25, -0.2) is 0 Å². The van der Waals surface area contributed by atoms with E-state index in [9.17, 15) is 0 Å². The van der Waals surface area contributed by atoms with Crippen LogP contribution < -0.4 is 88.7 Å². The van der Waals surface area contributed by atoms with Crippen molar-refractivity contribution in [2.45, 2.75) is 0 Å². The molecule has 0 spiro atoms. The van der Waals surface area contributed by atoms with E-state index in [1.165, 1.54) is 0 Å². The molecule has 0 bridgehead atoms. The molecule has 18 heavy (non-hydrogen) atoms. The van der Waals surface area contributed by atoms with Crippen LogP contribution in [0.1, 0.15) is 0 Å². The van der Waals surface area contributed by atoms with E-state index >= 15 is 0 Å². The van der Waals surface area contributed by atoms with Crippen LogP contribution in [0.4, 0.5) is 0 Å². The smallest absolute Gasteiger partial charge is 0.411 e. The van der Waals surface area contributed by atoms with E-state index in [4.69, 9.17) is 74.5 Å². The molecule has 0 radical (unpaired) electrons. The van der Waals surface area contributed by atoms with E-state index in [0.29, 0.717) is 33.0 Å². The Hall–Kier alpha value is 3.33. The van der Waals surface area contributed by atoms with Gasteiger partial charge in [0, 0.05) is 0 Å². The normalized spacial score (nSPS) is 13.7. The van der Waals surface area contributed by atoms with Crippen molar-refractivity contribution in [2.75, 3.05) is 20.0 Å². The second kappa shape index (κ2) is 12.8. The SMILES string of the molecule is S=C([S-])N1CN(C(=S)[S-])CN(C(=S)[S-])C1.[Na+].[Na+].[Na+]. The summed E-state index contributed by atoms with van der Waals surface area (Å²) in [7, 11) is 0. The van der Waals surface area contributed by atoms with Gasteiger partial charge in [-0.2, -0.15) is 0 Å². The van der Waals surface area contributed by atoms with Gasteiger partial charge in [0.05, 0.1) is 20.0 Å². The Morgan fingerprint density at radius 3 is 0.889 bits per heavy atom. The zero-order chi connectivity index (χ0) is 11.6. The molecule has 0 saturated carbocycles. The minimum absolute atomic E-state index is 0. The summed E-state index contributed by atoms with van der Waals surface area (Å²) in [6.45, 7) is 1.54. The average Bonchev–Trinajstić information content (AvgIpc) is 2.16. The van der Waals surface area contributed by atoms with Crippen LogP contribution in [0.15, 0.2) is 0 Å². The molecule has 0 N–H and O–H groups in total. The van der Waals surface area contributed by atoms with Gasteiger partial charge in [-0.15, -0.1) is 0 Å². The van der Waals surface area contributed by atoms with Crippen molar-refractivity contribution in [3.63, 3.8) is 0 Å². The first-order valence-corrected chi connectivity index (χ1v) is 6.24. The van der Waals surface area contributed by atoms with Crippen molar-refractivity contribution in [2.24, 2.45) is 0 Å². The van der Waals surface area contributed by atoms with Gasteiger partial charge in [0.15, 0.2) is 0 Å².